The minimum Gasteiger partial charge on any atom is -0.481 e. The van der Waals surface area contributed by atoms with Gasteiger partial charge in [0, 0.05) is 23.3 Å². The molecule has 5 rings (SSSR count). The molecular formula is C27H25F3N8O3. The number of amidine groups is 1. The number of hydrogen-bond donors (Lipinski definition) is 3. The van der Waals surface area contributed by atoms with E-state index < -0.39 is 11.4 Å². The standard InChI is InChI=1S/C15H12F2N4O2.C12H13FN4O/c1-23-13-6-12(14-18-7-11(17)15(22)19-14)20-21(13)8-9-4-2-3-5-10(9)16;1-18-11-6-10(12(14)15)16-17(11)7-8-4-2-3-5-9(8)13/h2-7H,8H2,1H3,(H,18,19,22);2-6H,7H2,1H3,(H3,14,15). The summed E-state index contributed by atoms with van der Waals surface area (Å²) in [7, 11) is 2.93. The Labute approximate surface area is 231 Å². The molecule has 0 spiro atoms. The molecule has 0 fully saturated rings. The second-order valence-corrected chi connectivity index (χ2v) is 8.46. The largest absolute Gasteiger partial charge is 0.481 e. The lowest BCUT2D eigenvalue weighted by Gasteiger charge is -2.06. The first-order chi connectivity index (χ1) is 19.7. The Balaban J connectivity index is 0.000000195. The van der Waals surface area contributed by atoms with Gasteiger partial charge >= 0.3 is 0 Å². The molecular weight excluding hydrogens is 541 g/mol. The third-order valence-electron chi connectivity index (χ3n) is 5.73. The van der Waals surface area contributed by atoms with Crippen molar-refractivity contribution in [1.29, 1.82) is 5.41 Å². The molecule has 0 atom stereocenters. The van der Waals surface area contributed by atoms with E-state index in [1.807, 2.05) is 0 Å². The van der Waals surface area contributed by atoms with E-state index in [-0.39, 0.29) is 42.1 Å². The van der Waals surface area contributed by atoms with Crippen molar-refractivity contribution < 1.29 is 22.6 Å². The third-order valence-corrected chi connectivity index (χ3v) is 5.73. The van der Waals surface area contributed by atoms with Crippen LogP contribution in [0.4, 0.5) is 13.2 Å². The quantitative estimate of drug-likeness (QED) is 0.193. The second kappa shape index (κ2) is 12.6. The number of nitrogens with zero attached hydrogens (tertiary/aromatic N) is 5. The van der Waals surface area contributed by atoms with Gasteiger partial charge in [0.1, 0.15) is 28.9 Å². The summed E-state index contributed by atoms with van der Waals surface area (Å²) >= 11 is 0. The first-order valence-electron chi connectivity index (χ1n) is 12.0. The van der Waals surface area contributed by atoms with Gasteiger partial charge in [-0.15, -0.1) is 0 Å². The topological polar surface area (TPSA) is 150 Å². The number of nitrogen functional groups attached to an aromatic ring is 1. The van der Waals surface area contributed by atoms with Crippen LogP contribution in [-0.2, 0) is 13.1 Å². The summed E-state index contributed by atoms with van der Waals surface area (Å²) in [5.41, 5.74) is 5.98. The summed E-state index contributed by atoms with van der Waals surface area (Å²) in [5, 5.41) is 15.6. The summed E-state index contributed by atoms with van der Waals surface area (Å²) in [6, 6.07) is 15.8. The molecule has 5 aromatic rings. The van der Waals surface area contributed by atoms with Gasteiger partial charge < -0.3 is 20.2 Å². The number of aromatic nitrogens is 6. The smallest absolute Gasteiger partial charge is 0.287 e. The summed E-state index contributed by atoms with van der Waals surface area (Å²) in [6.07, 6.45) is 0.816. The SMILES string of the molecule is COc1cc(-c2ncc(F)c(=O)[nH]2)nn1Cc1ccccc1F.COc1cc(C(=N)N)nn1Cc1ccccc1F. The lowest BCUT2D eigenvalue weighted by molar-refractivity contribution is 0.365. The van der Waals surface area contributed by atoms with Crippen molar-refractivity contribution in [2.75, 3.05) is 14.2 Å². The highest BCUT2D eigenvalue weighted by molar-refractivity contribution is 5.93. The maximum absolute atomic E-state index is 13.8. The van der Waals surface area contributed by atoms with Crippen LogP contribution in [-0.4, -0.2) is 49.6 Å². The van der Waals surface area contributed by atoms with Gasteiger partial charge in [-0.05, 0) is 12.1 Å². The van der Waals surface area contributed by atoms with E-state index in [4.69, 9.17) is 20.6 Å². The van der Waals surface area contributed by atoms with Gasteiger partial charge in [0.2, 0.25) is 17.6 Å². The van der Waals surface area contributed by atoms with E-state index in [1.54, 1.807) is 42.5 Å². The molecule has 212 valence electrons. The Bertz CT molecular complexity index is 1730. The van der Waals surface area contributed by atoms with Crippen LogP contribution in [0.2, 0.25) is 0 Å². The van der Waals surface area contributed by atoms with Crippen LogP contribution in [0.1, 0.15) is 16.8 Å². The molecule has 41 heavy (non-hydrogen) atoms. The van der Waals surface area contributed by atoms with Crippen molar-refractivity contribution in [1.82, 2.24) is 29.5 Å². The predicted octanol–water partition coefficient (Wildman–Crippen LogP) is 3.33. The van der Waals surface area contributed by atoms with Crippen molar-refractivity contribution in [3.05, 3.63) is 111 Å². The number of rotatable bonds is 8. The van der Waals surface area contributed by atoms with Gasteiger partial charge in [0.05, 0.1) is 33.5 Å². The molecule has 0 amide bonds. The van der Waals surface area contributed by atoms with E-state index in [0.29, 0.717) is 28.6 Å². The average molecular weight is 567 g/mol. The number of methoxy groups -OCH3 is 2. The van der Waals surface area contributed by atoms with Crippen molar-refractivity contribution in [2.24, 2.45) is 5.73 Å². The molecule has 2 aromatic carbocycles. The van der Waals surface area contributed by atoms with Crippen LogP contribution in [0.25, 0.3) is 11.5 Å². The number of H-pyrrole nitrogens is 1. The predicted molar refractivity (Wildman–Crippen MR) is 143 cm³/mol. The van der Waals surface area contributed by atoms with E-state index in [0.717, 1.165) is 6.20 Å². The lowest BCUT2D eigenvalue weighted by atomic mass is 10.2. The van der Waals surface area contributed by atoms with Crippen molar-refractivity contribution >= 4 is 5.84 Å². The molecule has 3 aromatic heterocycles. The average Bonchev–Trinajstić information content (AvgIpc) is 3.57. The zero-order valence-electron chi connectivity index (χ0n) is 21.9. The zero-order valence-corrected chi connectivity index (χ0v) is 21.9. The highest BCUT2D eigenvalue weighted by atomic mass is 19.1. The molecule has 14 heteroatoms. The summed E-state index contributed by atoms with van der Waals surface area (Å²) in [5.74, 6) is -0.910. The Morgan fingerprint density at radius 2 is 1.41 bits per heavy atom. The number of aromatic amines is 1. The first kappa shape index (κ1) is 28.6. The number of nitrogens with one attached hydrogen (secondary N) is 2. The molecule has 3 heterocycles. The summed E-state index contributed by atoms with van der Waals surface area (Å²) < 4.78 is 53.5. The lowest BCUT2D eigenvalue weighted by Crippen LogP contribution is -2.13. The van der Waals surface area contributed by atoms with Crippen LogP contribution in [0.3, 0.4) is 0 Å². The van der Waals surface area contributed by atoms with E-state index in [9.17, 15) is 18.0 Å². The maximum atomic E-state index is 13.8. The molecule has 11 nitrogen and oxygen atoms in total. The van der Waals surface area contributed by atoms with Gasteiger partial charge in [-0.3, -0.25) is 10.2 Å². The van der Waals surface area contributed by atoms with Gasteiger partial charge in [0.25, 0.3) is 5.56 Å². The zero-order chi connectivity index (χ0) is 29.5. The Morgan fingerprint density at radius 3 is 1.93 bits per heavy atom. The van der Waals surface area contributed by atoms with E-state index in [1.165, 1.54) is 41.8 Å². The van der Waals surface area contributed by atoms with Gasteiger partial charge in [-0.1, -0.05) is 36.4 Å². The number of benzene rings is 2. The minimum atomic E-state index is -0.980. The number of halogens is 3. The Morgan fingerprint density at radius 1 is 0.878 bits per heavy atom. The van der Waals surface area contributed by atoms with Crippen molar-refractivity contribution in [3.63, 3.8) is 0 Å². The van der Waals surface area contributed by atoms with Crippen molar-refractivity contribution in [2.45, 2.75) is 13.1 Å². The summed E-state index contributed by atoms with van der Waals surface area (Å²) in [4.78, 5) is 17.4. The third kappa shape index (κ3) is 6.79. The fourth-order valence-electron chi connectivity index (χ4n) is 3.69. The van der Waals surface area contributed by atoms with Crippen LogP contribution in [0.15, 0.2) is 71.7 Å². The van der Waals surface area contributed by atoms with E-state index in [2.05, 4.69) is 20.2 Å². The highest BCUT2D eigenvalue weighted by Gasteiger charge is 2.15. The van der Waals surface area contributed by atoms with Crippen LogP contribution >= 0.6 is 0 Å². The molecule has 0 unspecified atom stereocenters. The number of hydrogen-bond acceptors (Lipinski definition) is 7. The van der Waals surface area contributed by atoms with Gasteiger partial charge in [-0.25, -0.2) is 23.1 Å². The maximum Gasteiger partial charge on any atom is 0.287 e. The summed E-state index contributed by atoms with van der Waals surface area (Å²) in [6.45, 7) is 0.365. The molecule has 0 aliphatic carbocycles. The molecule has 0 saturated carbocycles. The van der Waals surface area contributed by atoms with Crippen LogP contribution in [0.5, 0.6) is 11.8 Å². The molecule has 0 aliphatic heterocycles. The fraction of sp³-hybridized carbons (Fsp3) is 0.148. The Kier molecular flexibility index (Phi) is 8.82. The highest BCUT2D eigenvalue weighted by Crippen LogP contribution is 2.22. The normalized spacial score (nSPS) is 10.6. The van der Waals surface area contributed by atoms with Gasteiger partial charge in [0.15, 0.2) is 5.82 Å². The monoisotopic (exact) mass is 566 g/mol. The second-order valence-electron chi connectivity index (χ2n) is 8.46. The van der Waals surface area contributed by atoms with Crippen LogP contribution < -0.4 is 20.8 Å². The molecule has 4 N–H and O–H groups in total. The molecule has 0 radical (unpaired) electrons. The number of nitrogens with two attached hydrogens (primary N) is 1. The minimum absolute atomic E-state index is 0.0991. The molecule has 0 aliphatic rings. The molecule has 0 bridgehead atoms. The van der Waals surface area contributed by atoms with Crippen LogP contribution in [0, 0.1) is 22.9 Å². The Hall–Kier alpha value is -5.40. The first-order valence-corrected chi connectivity index (χ1v) is 12.0. The molecule has 0 saturated heterocycles. The van der Waals surface area contributed by atoms with Gasteiger partial charge in [-0.2, -0.15) is 14.6 Å². The fourth-order valence-corrected chi connectivity index (χ4v) is 3.69. The van der Waals surface area contributed by atoms with E-state index >= 15 is 0 Å². The van der Waals surface area contributed by atoms with Crippen molar-refractivity contribution in [3.8, 4) is 23.3 Å². The number of ether oxygens (including phenoxy) is 2.